The van der Waals surface area contributed by atoms with Gasteiger partial charge in [-0.3, -0.25) is 10.6 Å². The van der Waals surface area contributed by atoms with E-state index in [9.17, 15) is 4.79 Å². The fourth-order valence-corrected chi connectivity index (χ4v) is 1.79. The van der Waals surface area contributed by atoms with Crippen LogP contribution in [0, 0.1) is 6.92 Å². The summed E-state index contributed by atoms with van der Waals surface area (Å²) in [4.78, 5) is 16.3. The highest BCUT2D eigenvalue weighted by atomic mass is 16.1. The quantitative estimate of drug-likeness (QED) is 0.563. The van der Waals surface area contributed by atoms with Gasteiger partial charge in [-0.2, -0.15) is 0 Å². The fourth-order valence-electron chi connectivity index (χ4n) is 1.79. The van der Waals surface area contributed by atoms with E-state index in [-0.39, 0.29) is 5.91 Å². The van der Waals surface area contributed by atoms with Crippen LogP contribution in [0.2, 0.25) is 0 Å². The van der Waals surface area contributed by atoms with Gasteiger partial charge in [-0.05, 0) is 19.1 Å². The van der Waals surface area contributed by atoms with E-state index in [1.165, 1.54) is 0 Å². The smallest absolute Gasteiger partial charge is 0.253 e. The molecule has 0 saturated carbocycles. The molecular weight excluding hydrogens is 242 g/mol. The molecule has 0 aliphatic heterocycles. The summed E-state index contributed by atoms with van der Waals surface area (Å²) < 4.78 is 1.86. The van der Waals surface area contributed by atoms with Gasteiger partial charge in [-0.1, -0.05) is 11.6 Å². The summed E-state index contributed by atoms with van der Waals surface area (Å²) in [6.45, 7) is 2.30. The lowest BCUT2D eigenvalue weighted by atomic mass is 10.1. The Morgan fingerprint density at radius 1 is 1.47 bits per heavy atom. The highest BCUT2D eigenvalue weighted by Gasteiger charge is 2.11. The van der Waals surface area contributed by atoms with Crippen molar-refractivity contribution in [2.24, 2.45) is 12.9 Å². The molecule has 0 saturated heterocycles. The number of hydrogen-bond acceptors (Lipinski definition) is 4. The fraction of sp³-hybridized carbons (Fsp3) is 0.231. The molecule has 100 valence electrons. The Kier molecular flexibility index (Phi) is 3.82. The van der Waals surface area contributed by atoms with Crippen molar-refractivity contribution in [3.63, 3.8) is 0 Å². The number of imidazole rings is 1. The monoisotopic (exact) mass is 259 g/mol. The second-order valence-corrected chi connectivity index (χ2v) is 4.33. The van der Waals surface area contributed by atoms with Crippen molar-refractivity contribution in [1.29, 1.82) is 0 Å². The molecule has 1 heterocycles. The molecule has 0 bridgehead atoms. The Bertz CT molecular complexity index is 590. The Morgan fingerprint density at radius 3 is 2.89 bits per heavy atom. The Hall–Kier alpha value is -2.34. The van der Waals surface area contributed by atoms with Crippen LogP contribution in [0.3, 0.4) is 0 Å². The summed E-state index contributed by atoms with van der Waals surface area (Å²) in [6, 6.07) is 5.47. The predicted molar refractivity (Wildman–Crippen MR) is 73.4 cm³/mol. The molecule has 1 amide bonds. The number of hydrogen-bond donors (Lipinski definition) is 3. The summed E-state index contributed by atoms with van der Waals surface area (Å²) in [5, 5.41) is 2.83. The molecule has 0 aliphatic rings. The van der Waals surface area contributed by atoms with Crippen LogP contribution in [0.25, 0.3) is 0 Å². The maximum absolute atomic E-state index is 12.1. The molecule has 6 nitrogen and oxygen atoms in total. The number of hydrazine groups is 1. The molecule has 1 aromatic heterocycles. The number of carbonyl (C=O) groups is 1. The van der Waals surface area contributed by atoms with Crippen LogP contribution in [0.4, 0.5) is 5.69 Å². The van der Waals surface area contributed by atoms with E-state index in [4.69, 9.17) is 5.84 Å². The van der Waals surface area contributed by atoms with E-state index >= 15 is 0 Å². The van der Waals surface area contributed by atoms with Crippen LogP contribution in [0.15, 0.2) is 30.6 Å². The van der Waals surface area contributed by atoms with Crippen molar-refractivity contribution in [3.05, 3.63) is 47.5 Å². The van der Waals surface area contributed by atoms with Crippen molar-refractivity contribution in [3.8, 4) is 0 Å². The molecule has 0 fully saturated rings. The molecule has 0 atom stereocenters. The van der Waals surface area contributed by atoms with Gasteiger partial charge in [0.1, 0.15) is 5.82 Å². The molecule has 6 heteroatoms. The first-order valence-electron chi connectivity index (χ1n) is 5.93. The molecule has 0 unspecified atom stereocenters. The van der Waals surface area contributed by atoms with E-state index in [0.29, 0.717) is 17.8 Å². The van der Waals surface area contributed by atoms with E-state index < -0.39 is 0 Å². The molecule has 0 spiro atoms. The SMILES string of the molecule is Cc1ccc(NN)c(C(=O)NCc2nccn2C)c1. The van der Waals surface area contributed by atoms with Gasteiger partial charge < -0.3 is 15.3 Å². The van der Waals surface area contributed by atoms with Crippen LogP contribution in [-0.2, 0) is 13.6 Å². The standard InChI is InChI=1S/C13H17N5O/c1-9-3-4-11(17-14)10(7-9)13(19)16-8-12-15-5-6-18(12)2/h3-7,17H,8,14H2,1-2H3,(H,16,19). The highest BCUT2D eigenvalue weighted by molar-refractivity contribution is 5.99. The second kappa shape index (κ2) is 5.53. The third kappa shape index (κ3) is 2.92. The molecule has 1 aromatic carbocycles. The molecule has 19 heavy (non-hydrogen) atoms. The molecule has 2 aromatic rings. The van der Waals surface area contributed by atoms with Gasteiger partial charge in [0.05, 0.1) is 17.8 Å². The maximum Gasteiger partial charge on any atom is 0.253 e. The molecular formula is C13H17N5O. The largest absolute Gasteiger partial charge is 0.345 e. The van der Waals surface area contributed by atoms with Crippen molar-refractivity contribution in [2.75, 3.05) is 5.43 Å². The Labute approximate surface area is 111 Å². The number of nitrogens with one attached hydrogen (secondary N) is 2. The summed E-state index contributed by atoms with van der Waals surface area (Å²) in [6.07, 6.45) is 3.53. The first kappa shape index (κ1) is 13.1. The number of nitrogens with two attached hydrogens (primary N) is 1. The average Bonchev–Trinajstić information content (AvgIpc) is 2.81. The first-order valence-corrected chi connectivity index (χ1v) is 5.93. The average molecular weight is 259 g/mol. The van der Waals surface area contributed by atoms with Crippen LogP contribution in [0.5, 0.6) is 0 Å². The maximum atomic E-state index is 12.1. The number of amides is 1. The third-order valence-corrected chi connectivity index (χ3v) is 2.90. The summed E-state index contributed by atoms with van der Waals surface area (Å²) in [5.74, 6) is 6.02. The predicted octanol–water partition coefficient (Wildman–Crippen LogP) is 0.944. The topological polar surface area (TPSA) is 85.0 Å². The second-order valence-electron chi connectivity index (χ2n) is 4.33. The zero-order valence-electron chi connectivity index (χ0n) is 11.0. The minimum Gasteiger partial charge on any atom is -0.345 e. The number of aryl methyl sites for hydroxylation is 2. The lowest BCUT2D eigenvalue weighted by Gasteiger charge is -2.10. The minimum absolute atomic E-state index is 0.181. The lowest BCUT2D eigenvalue weighted by molar-refractivity contribution is 0.0950. The molecule has 0 aliphatic carbocycles. The molecule has 2 rings (SSSR count). The number of anilines is 1. The zero-order chi connectivity index (χ0) is 13.8. The van der Waals surface area contributed by atoms with Crippen molar-refractivity contribution < 1.29 is 4.79 Å². The van der Waals surface area contributed by atoms with Crippen LogP contribution in [-0.4, -0.2) is 15.5 Å². The van der Waals surface area contributed by atoms with E-state index in [1.54, 1.807) is 18.3 Å². The number of aromatic nitrogens is 2. The summed E-state index contributed by atoms with van der Waals surface area (Å²) in [7, 11) is 1.88. The number of rotatable bonds is 4. The Balaban J connectivity index is 2.12. The summed E-state index contributed by atoms with van der Waals surface area (Å²) in [5.41, 5.74) is 4.65. The van der Waals surface area contributed by atoms with Crippen LogP contribution in [0.1, 0.15) is 21.7 Å². The van der Waals surface area contributed by atoms with Crippen LogP contribution >= 0.6 is 0 Å². The normalized spacial score (nSPS) is 10.3. The number of benzene rings is 1. The number of carbonyl (C=O) groups excluding carboxylic acids is 1. The minimum atomic E-state index is -0.181. The van der Waals surface area contributed by atoms with E-state index in [2.05, 4.69) is 15.7 Å². The van der Waals surface area contributed by atoms with Gasteiger partial charge >= 0.3 is 0 Å². The highest BCUT2D eigenvalue weighted by Crippen LogP contribution is 2.16. The number of nitrogen functional groups attached to an aromatic ring is 1. The van der Waals surface area contributed by atoms with E-state index in [0.717, 1.165) is 11.4 Å². The van der Waals surface area contributed by atoms with Gasteiger partial charge in [-0.15, -0.1) is 0 Å². The van der Waals surface area contributed by atoms with E-state index in [1.807, 2.05) is 30.8 Å². The van der Waals surface area contributed by atoms with Gasteiger partial charge in [0.25, 0.3) is 5.91 Å². The first-order chi connectivity index (χ1) is 9.11. The van der Waals surface area contributed by atoms with Crippen molar-refractivity contribution in [1.82, 2.24) is 14.9 Å². The molecule has 4 N–H and O–H groups in total. The number of nitrogens with zero attached hydrogens (tertiary/aromatic N) is 2. The molecule has 0 radical (unpaired) electrons. The third-order valence-electron chi connectivity index (χ3n) is 2.90. The Morgan fingerprint density at radius 2 is 2.26 bits per heavy atom. The van der Waals surface area contributed by atoms with Gasteiger partial charge in [0.2, 0.25) is 0 Å². The van der Waals surface area contributed by atoms with Crippen molar-refractivity contribution in [2.45, 2.75) is 13.5 Å². The van der Waals surface area contributed by atoms with Crippen molar-refractivity contribution >= 4 is 11.6 Å². The van der Waals surface area contributed by atoms with Gasteiger partial charge in [-0.25, -0.2) is 4.98 Å². The van der Waals surface area contributed by atoms with Gasteiger partial charge in [0, 0.05) is 19.4 Å². The van der Waals surface area contributed by atoms with Gasteiger partial charge in [0.15, 0.2) is 0 Å². The van der Waals surface area contributed by atoms with Crippen LogP contribution < -0.4 is 16.6 Å². The lowest BCUT2D eigenvalue weighted by Crippen LogP contribution is -2.26. The zero-order valence-corrected chi connectivity index (χ0v) is 11.0. The summed E-state index contributed by atoms with van der Waals surface area (Å²) >= 11 is 0.